The average molecular weight is 675 g/mol. The van der Waals surface area contributed by atoms with Crippen molar-refractivity contribution in [1.82, 2.24) is 4.98 Å². The number of nitrogens with zero attached hydrogens (tertiary/aromatic N) is 3. The van der Waals surface area contributed by atoms with E-state index in [4.69, 9.17) is 11.6 Å². The van der Waals surface area contributed by atoms with E-state index >= 15 is 4.39 Å². The summed E-state index contributed by atoms with van der Waals surface area (Å²) in [7, 11) is 1.13. The highest BCUT2D eigenvalue weighted by Gasteiger charge is 2.73. The van der Waals surface area contributed by atoms with E-state index in [1.54, 1.807) is 6.92 Å². The van der Waals surface area contributed by atoms with Gasteiger partial charge in [-0.3, -0.25) is 9.78 Å². The van der Waals surface area contributed by atoms with Gasteiger partial charge in [-0.2, -0.15) is 26.3 Å². The van der Waals surface area contributed by atoms with Gasteiger partial charge >= 0.3 is 18.0 Å². The first-order valence-electron chi connectivity index (χ1n) is 11.7. The lowest BCUT2D eigenvalue weighted by atomic mass is 9.94. The molecule has 1 atom stereocenters. The number of rotatable bonds is 8. The highest BCUT2D eigenvalue weighted by atomic mass is 79.9. The number of anilines is 2. The molecule has 2 aromatic carbocycles. The second-order valence-corrected chi connectivity index (χ2v) is 10.1. The highest BCUT2D eigenvalue weighted by Crippen LogP contribution is 2.55. The van der Waals surface area contributed by atoms with Gasteiger partial charge in [0.1, 0.15) is 0 Å². The van der Waals surface area contributed by atoms with E-state index < -0.39 is 56.6 Å². The smallest absolute Gasteiger partial charge is 0.369 e. The normalized spacial score (nSPS) is 13.2. The van der Waals surface area contributed by atoms with Crippen LogP contribution in [0.2, 0.25) is 5.02 Å². The number of benzene rings is 2. The van der Waals surface area contributed by atoms with Crippen LogP contribution in [0, 0.1) is 5.82 Å². The Labute approximate surface area is 242 Å². The molecule has 15 heteroatoms. The predicted octanol–water partition coefficient (Wildman–Crippen LogP) is 8.11. The van der Waals surface area contributed by atoms with Crippen LogP contribution < -0.4 is 9.80 Å². The maximum atomic E-state index is 15.8. The van der Waals surface area contributed by atoms with Gasteiger partial charge in [0.15, 0.2) is 12.0 Å². The zero-order valence-corrected chi connectivity index (χ0v) is 23.5. The third-order valence-corrected chi connectivity index (χ3v) is 6.99. The first-order chi connectivity index (χ1) is 19.0. The molecule has 0 fully saturated rings. The summed E-state index contributed by atoms with van der Waals surface area (Å²) >= 11 is 8.80. The highest BCUT2D eigenvalue weighted by molar-refractivity contribution is 9.10. The van der Waals surface area contributed by atoms with E-state index in [-0.39, 0.29) is 35.6 Å². The summed E-state index contributed by atoms with van der Waals surface area (Å²) in [4.78, 5) is 19.0. The Morgan fingerprint density at radius 1 is 1.07 bits per heavy atom. The Morgan fingerprint density at radius 2 is 1.71 bits per heavy atom. The summed E-state index contributed by atoms with van der Waals surface area (Å²) in [5.74, 6) is -1.61. The second-order valence-electron chi connectivity index (χ2n) is 8.81. The van der Waals surface area contributed by atoms with Gasteiger partial charge in [0.2, 0.25) is 0 Å². The number of carbonyl (C=O) groups excluding carboxylic acids is 1. The lowest BCUT2D eigenvalue weighted by Gasteiger charge is -2.33. The Hall–Kier alpha value is -2.97. The summed E-state index contributed by atoms with van der Waals surface area (Å²) in [6.45, 7) is 1.84. The molecule has 41 heavy (non-hydrogen) atoms. The number of pyridine rings is 1. The lowest BCUT2D eigenvalue weighted by molar-refractivity contribution is -0.348. The standard InChI is InChI=1S/C26H21BrClF8N3O2/c1-3-10-39(22(40)14-6-5-9-37-13-14)19-8-4-7-16(20(19)29)23(41)38(2)21-17(27)11-15(12-18(21)28)24(30,25(31,32)33)26(34,35)36/h4-9,11-13,23,41H,3,10H2,1-2H3. The van der Waals surface area contributed by atoms with E-state index in [1.807, 2.05) is 0 Å². The molecule has 1 amide bonds. The molecule has 0 spiro atoms. The molecule has 0 saturated carbocycles. The third kappa shape index (κ3) is 6.14. The second kappa shape index (κ2) is 12.1. The van der Waals surface area contributed by atoms with Crippen LogP contribution in [0.1, 0.15) is 41.1 Å². The van der Waals surface area contributed by atoms with Crippen LogP contribution in [-0.4, -0.2) is 41.9 Å². The Kier molecular flexibility index (Phi) is 9.60. The predicted molar refractivity (Wildman–Crippen MR) is 140 cm³/mol. The molecule has 0 bridgehead atoms. The number of hydrogen-bond acceptors (Lipinski definition) is 4. The topological polar surface area (TPSA) is 56.7 Å². The number of alkyl halides is 7. The van der Waals surface area contributed by atoms with Crippen LogP contribution in [0.15, 0.2) is 59.3 Å². The van der Waals surface area contributed by atoms with Crippen molar-refractivity contribution >= 4 is 44.8 Å². The van der Waals surface area contributed by atoms with Gasteiger partial charge in [0, 0.05) is 41.6 Å². The van der Waals surface area contributed by atoms with E-state index in [2.05, 4.69) is 20.9 Å². The summed E-state index contributed by atoms with van der Waals surface area (Å²) in [6.07, 6.45) is -11.5. The zero-order valence-electron chi connectivity index (χ0n) is 21.2. The number of aliphatic hydroxyl groups is 1. The Morgan fingerprint density at radius 3 is 2.22 bits per heavy atom. The zero-order chi connectivity index (χ0) is 30.9. The number of hydrogen-bond donors (Lipinski definition) is 1. The molecule has 3 aromatic rings. The summed E-state index contributed by atoms with van der Waals surface area (Å²) in [5, 5.41) is 10.2. The van der Waals surface area contributed by atoms with E-state index in [9.17, 15) is 40.6 Å². The van der Waals surface area contributed by atoms with Gasteiger partial charge in [-0.25, -0.2) is 8.78 Å². The van der Waals surface area contributed by atoms with Crippen molar-refractivity contribution in [1.29, 1.82) is 0 Å². The summed E-state index contributed by atoms with van der Waals surface area (Å²) < 4.78 is 109. The van der Waals surface area contributed by atoms with Crippen LogP contribution in [-0.2, 0) is 5.67 Å². The molecule has 0 aliphatic heterocycles. The molecule has 0 radical (unpaired) electrons. The maximum Gasteiger partial charge on any atom is 0.435 e. The van der Waals surface area contributed by atoms with Crippen molar-refractivity contribution in [3.63, 3.8) is 0 Å². The number of aromatic nitrogens is 1. The van der Waals surface area contributed by atoms with Crippen LogP contribution >= 0.6 is 27.5 Å². The van der Waals surface area contributed by atoms with Gasteiger partial charge < -0.3 is 14.9 Å². The van der Waals surface area contributed by atoms with Crippen LogP contribution in [0.4, 0.5) is 46.5 Å². The molecular weight excluding hydrogens is 654 g/mol. The van der Waals surface area contributed by atoms with Crippen LogP contribution in [0.5, 0.6) is 0 Å². The number of halogens is 10. The van der Waals surface area contributed by atoms with E-state index in [1.165, 1.54) is 36.7 Å². The summed E-state index contributed by atoms with van der Waals surface area (Å²) in [5.41, 5.74) is -8.40. The quantitative estimate of drug-likeness (QED) is 0.194. The number of aliphatic hydroxyl groups excluding tert-OH is 1. The van der Waals surface area contributed by atoms with Crippen LogP contribution in [0.25, 0.3) is 0 Å². The molecule has 1 unspecified atom stereocenters. The molecular formula is C26H21BrClF8N3O2. The van der Waals surface area contributed by atoms with E-state index in [0.29, 0.717) is 6.42 Å². The molecule has 0 aliphatic rings. The van der Waals surface area contributed by atoms with Crippen molar-refractivity contribution in [3.05, 3.63) is 86.9 Å². The molecule has 3 rings (SSSR count). The third-order valence-electron chi connectivity index (χ3n) is 6.09. The van der Waals surface area contributed by atoms with E-state index in [0.717, 1.165) is 22.9 Å². The molecule has 0 saturated heterocycles. The SMILES string of the molecule is CCCN(C(=O)c1cccnc1)c1cccc(C(O)N(C)c2c(Cl)cc(C(F)(C(F)(F)F)C(F)(F)F)cc2Br)c1F. The van der Waals surface area contributed by atoms with Gasteiger partial charge in [-0.15, -0.1) is 0 Å². The molecule has 1 N–H and O–H groups in total. The van der Waals surface area contributed by atoms with Crippen molar-refractivity contribution in [2.24, 2.45) is 0 Å². The van der Waals surface area contributed by atoms with Crippen molar-refractivity contribution < 1.29 is 45.0 Å². The average Bonchev–Trinajstić information content (AvgIpc) is 2.89. The van der Waals surface area contributed by atoms with Crippen LogP contribution in [0.3, 0.4) is 0 Å². The molecule has 222 valence electrons. The fourth-order valence-corrected chi connectivity index (χ4v) is 5.27. The monoisotopic (exact) mass is 673 g/mol. The Bertz CT molecular complexity index is 1370. The first kappa shape index (κ1) is 32.5. The van der Waals surface area contributed by atoms with Crippen molar-refractivity contribution in [3.8, 4) is 0 Å². The van der Waals surface area contributed by atoms with Gasteiger partial charge in [0.05, 0.1) is 22.0 Å². The fraction of sp³-hybridized carbons (Fsp3) is 0.308. The molecule has 1 heterocycles. The lowest BCUT2D eigenvalue weighted by Crippen LogP contribution is -2.50. The minimum atomic E-state index is -6.37. The van der Waals surface area contributed by atoms with Gasteiger partial charge in [0.25, 0.3) is 5.91 Å². The van der Waals surface area contributed by atoms with Gasteiger partial charge in [-0.1, -0.05) is 30.7 Å². The van der Waals surface area contributed by atoms with Crippen molar-refractivity contribution in [2.75, 3.05) is 23.4 Å². The van der Waals surface area contributed by atoms with Gasteiger partial charge in [-0.05, 0) is 52.7 Å². The van der Waals surface area contributed by atoms with Crippen molar-refractivity contribution in [2.45, 2.75) is 37.6 Å². The number of amides is 1. The fourth-order valence-electron chi connectivity index (χ4n) is 4.07. The largest absolute Gasteiger partial charge is 0.435 e. The maximum absolute atomic E-state index is 15.8. The Balaban J connectivity index is 2.05. The first-order valence-corrected chi connectivity index (χ1v) is 12.9. The minimum absolute atomic E-state index is 0.0856. The molecule has 5 nitrogen and oxygen atoms in total. The minimum Gasteiger partial charge on any atom is -0.369 e. The molecule has 0 aliphatic carbocycles. The number of carbonyl (C=O) groups is 1. The molecule has 1 aromatic heterocycles. The summed E-state index contributed by atoms with van der Waals surface area (Å²) in [6, 6.07) is 7.16.